The second kappa shape index (κ2) is 7.71. The van der Waals surface area contributed by atoms with Crippen molar-refractivity contribution in [1.29, 1.82) is 0 Å². The van der Waals surface area contributed by atoms with Crippen LogP contribution in [0.5, 0.6) is 0 Å². The summed E-state index contributed by atoms with van der Waals surface area (Å²) in [6.07, 6.45) is 0.00327. The molecule has 0 aliphatic rings. The largest absolute Gasteiger partial charge is 0.344 e. The molecule has 7 heteroatoms. The molecule has 6 nitrogen and oxygen atoms in total. The zero-order valence-corrected chi connectivity index (χ0v) is 13.7. The molecule has 1 aromatic carbocycles. The van der Waals surface area contributed by atoms with Gasteiger partial charge in [0, 0.05) is 5.41 Å². The van der Waals surface area contributed by atoms with Gasteiger partial charge in [-0.1, -0.05) is 32.9 Å². The van der Waals surface area contributed by atoms with E-state index in [4.69, 9.17) is 0 Å². The molecule has 0 saturated carbocycles. The molecular weight excluding hydrogens is 301 g/mol. The monoisotopic (exact) mass is 323 g/mol. The first-order valence-electron chi connectivity index (χ1n) is 7.23. The van der Waals surface area contributed by atoms with Gasteiger partial charge in [-0.15, -0.1) is 0 Å². The summed E-state index contributed by atoms with van der Waals surface area (Å²) < 4.78 is 12.8. The van der Waals surface area contributed by atoms with Gasteiger partial charge in [0.15, 0.2) is 0 Å². The topological polar surface area (TPSA) is 87.3 Å². The highest BCUT2D eigenvalue weighted by Crippen LogP contribution is 2.12. The Morgan fingerprint density at radius 1 is 1.09 bits per heavy atom. The molecule has 0 unspecified atom stereocenters. The quantitative estimate of drug-likeness (QED) is 0.724. The Morgan fingerprint density at radius 3 is 2.17 bits per heavy atom. The highest BCUT2D eigenvalue weighted by molar-refractivity contribution is 5.90. The van der Waals surface area contributed by atoms with Crippen LogP contribution in [0.15, 0.2) is 24.3 Å². The number of halogens is 1. The van der Waals surface area contributed by atoms with Crippen LogP contribution in [-0.4, -0.2) is 23.8 Å². The van der Waals surface area contributed by atoms with Gasteiger partial charge in [0.25, 0.3) is 5.91 Å². The lowest BCUT2D eigenvalue weighted by atomic mass is 9.95. The number of amides is 3. The molecule has 0 saturated heterocycles. The van der Waals surface area contributed by atoms with Gasteiger partial charge in [-0.3, -0.25) is 25.2 Å². The first-order valence-corrected chi connectivity index (χ1v) is 7.23. The Morgan fingerprint density at radius 2 is 1.65 bits per heavy atom. The van der Waals surface area contributed by atoms with E-state index in [1.807, 2.05) is 0 Å². The van der Waals surface area contributed by atoms with Crippen LogP contribution in [-0.2, 0) is 20.8 Å². The van der Waals surface area contributed by atoms with Crippen LogP contribution in [0.2, 0.25) is 0 Å². The lowest BCUT2D eigenvalue weighted by molar-refractivity contribution is -0.134. The molecule has 0 aliphatic carbocycles. The van der Waals surface area contributed by atoms with E-state index >= 15 is 0 Å². The minimum absolute atomic E-state index is 0.00327. The Kier molecular flexibility index (Phi) is 6.24. The third-order valence-corrected chi connectivity index (χ3v) is 3.03. The zero-order valence-electron chi connectivity index (χ0n) is 13.7. The first kappa shape index (κ1) is 18.6. The summed E-state index contributed by atoms with van der Waals surface area (Å²) in [4.78, 5) is 35.3. The minimum Gasteiger partial charge on any atom is -0.344 e. The molecule has 0 spiro atoms. The van der Waals surface area contributed by atoms with Gasteiger partial charge in [-0.2, -0.15) is 0 Å². The van der Waals surface area contributed by atoms with E-state index < -0.39 is 23.3 Å². The molecule has 1 aromatic rings. The molecule has 1 rings (SSSR count). The number of hydrogen-bond donors (Lipinski definition) is 3. The van der Waals surface area contributed by atoms with Crippen LogP contribution in [0.3, 0.4) is 0 Å². The third-order valence-electron chi connectivity index (χ3n) is 3.03. The number of rotatable bonds is 4. The normalized spacial score (nSPS) is 12.2. The van der Waals surface area contributed by atoms with Crippen LogP contribution in [0.1, 0.15) is 33.3 Å². The molecule has 0 fully saturated rings. The van der Waals surface area contributed by atoms with Crippen molar-refractivity contribution in [3.8, 4) is 0 Å². The van der Waals surface area contributed by atoms with Crippen molar-refractivity contribution in [2.45, 2.75) is 40.2 Å². The fourth-order valence-corrected chi connectivity index (χ4v) is 1.55. The second-order valence-electron chi connectivity index (χ2n) is 6.29. The number of carbonyl (C=O) groups is 3. The molecule has 3 amide bonds. The van der Waals surface area contributed by atoms with Gasteiger partial charge in [-0.05, 0) is 24.6 Å². The van der Waals surface area contributed by atoms with Crippen molar-refractivity contribution in [1.82, 2.24) is 16.2 Å². The maximum Gasteiger partial charge on any atom is 0.260 e. The Labute approximate surface area is 134 Å². The van der Waals surface area contributed by atoms with Crippen molar-refractivity contribution in [2.24, 2.45) is 5.41 Å². The number of hydrogen-bond acceptors (Lipinski definition) is 3. The van der Waals surface area contributed by atoms with E-state index in [0.29, 0.717) is 5.56 Å². The predicted molar refractivity (Wildman–Crippen MR) is 83.4 cm³/mol. The minimum atomic E-state index is -0.784. The van der Waals surface area contributed by atoms with E-state index in [9.17, 15) is 18.8 Å². The van der Waals surface area contributed by atoms with Gasteiger partial charge >= 0.3 is 0 Å². The van der Waals surface area contributed by atoms with Crippen molar-refractivity contribution < 1.29 is 18.8 Å². The average Bonchev–Trinajstić information content (AvgIpc) is 2.46. The van der Waals surface area contributed by atoms with E-state index in [1.54, 1.807) is 20.8 Å². The summed E-state index contributed by atoms with van der Waals surface area (Å²) in [5.74, 6) is -1.63. The smallest absolute Gasteiger partial charge is 0.260 e. The molecule has 0 bridgehead atoms. The number of nitrogens with one attached hydrogen (secondary N) is 3. The number of hydrazine groups is 1. The highest BCUT2D eigenvalue weighted by atomic mass is 19.1. The zero-order chi connectivity index (χ0) is 17.6. The standard InChI is InChI=1S/C16H22FN3O3/c1-10(18-15(23)16(2,3)4)14(22)20-19-13(21)9-11-5-7-12(17)8-6-11/h5-8,10H,9H2,1-4H3,(H,18,23)(H,19,21)(H,20,22)/t10-/m0/s1. The molecule has 126 valence electrons. The van der Waals surface area contributed by atoms with E-state index in [-0.39, 0.29) is 18.1 Å². The molecular formula is C16H22FN3O3. The fraction of sp³-hybridized carbons (Fsp3) is 0.438. The van der Waals surface area contributed by atoms with E-state index in [2.05, 4.69) is 16.2 Å². The van der Waals surface area contributed by atoms with Gasteiger partial charge in [-0.25, -0.2) is 4.39 Å². The fourth-order valence-electron chi connectivity index (χ4n) is 1.55. The average molecular weight is 323 g/mol. The maximum absolute atomic E-state index is 12.8. The van der Waals surface area contributed by atoms with Crippen molar-refractivity contribution in [3.05, 3.63) is 35.6 Å². The molecule has 0 aromatic heterocycles. The second-order valence-corrected chi connectivity index (χ2v) is 6.29. The highest BCUT2D eigenvalue weighted by Gasteiger charge is 2.25. The lowest BCUT2D eigenvalue weighted by Gasteiger charge is -2.21. The third kappa shape index (κ3) is 6.46. The summed E-state index contributed by atoms with van der Waals surface area (Å²) in [7, 11) is 0. The summed E-state index contributed by atoms with van der Waals surface area (Å²) in [6.45, 7) is 6.72. The Balaban J connectivity index is 2.41. The van der Waals surface area contributed by atoms with Crippen LogP contribution >= 0.6 is 0 Å². The molecule has 1 atom stereocenters. The summed E-state index contributed by atoms with van der Waals surface area (Å²) in [5, 5.41) is 2.56. The number of benzene rings is 1. The van der Waals surface area contributed by atoms with E-state index in [0.717, 1.165) is 0 Å². The molecule has 3 N–H and O–H groups in total. The van der Waals surface area contributed by atoms with Crippen LogP contribution in [0, 0.1) is 11.2 Å². The summed E-state index contributed by atoms with van der Waals surface area (Å²) >= 11 is 0. The van der Waals surface area contributed by atoms with Crippen molar-refractivity contribution in [3.63, 3.8) is 0 Å². The summed E-state index contributed by atoms with van der Waals surface area (Å²) in [6, 6.07) is 4.70. The first-order chi connectivity index (χ1) is 10.6. The van der Waals surface area contributed by atoms with Gasteiger partial charge in [0.1, 0.15) is 11.9 Å². The van der Waals surface area contributed by atoms with Crippen LogP contribution in [0.25, 0.3) is 0 Å². The van der Waals surface area contributed by atoms with Crippen LogP contribution < -0.4 is 16.2 Å². The maximum atomic E-state index is 12.8. The summed E-state index contributed by atoms with van der Waals surface area (Å²) in [5.41, 5.74) is 4.51. The molecule has 0 heterocycles. The molecule has 0 aliphatic heterocycles. The Bertz CT molecular complexity index is 579. The van der Waals surface area contributed by atoms with Gasteiger partial charge in [0.05, 0.1) is 6.42 Å². The number of carbonyl (C=O) groups excluding carboxylic acids is 3. The van der Waals surface area contributed by atoms with Gasteiger partial charge in [0.2, 0.25) is 11.8 Å². The molecule has 23 heavy (non-hydrogen) atoms. The molecule has 0 radical (unpaired) electrons. The lowest BCUT2D eigenvalue weighted by Crippen LogP contribution is -2.53. The van der Waals surface area contributed by atoms with E-state index in [1.165, 1.54) is 31.2 Å². The Hall–Kier alpha value is -2.44. The van der Waals surface area contributed by atoms with Crippen LogP contribution in [0.4, 0.5) is 4.39 Å². The van der Waals surface area contributed by atoms with Gasteiger partial charge < -0.3 is 5.32 Å². The SMILES string of the molecule is C[C@H](NC(=O)C(C)(C)C)C(=O)NNC(=O)Cc1ccc(F)cc1. The predicted octanol–water partition coefficient (Wildman–Crippen LogP) is 1.07. The van der Waals surface area contributed by atoms with Crippen molar-refractivity contribution >= 4 is 17.7 Å². The van der Waals surface area contributed by atoms with Crippen molar-refractivity contribution in [2.75, 3.05) is 0 Å².